The summed E-state index contributed by atoms with van der Waals surface area (Å²) in [7, 11) is 0. The molecular formula is C13H18BrNO2. The van der Waals surface area contributed by atoms with E-state index in [1.54, 1.807) is 6.07 Å². The summed E-state index contributed by atoms with van der Waals surface area (Å²) in [6, 6.07) is 5.41. The van der Waals surface area contributed by atoms with Gasteiger partial charge >= 0.3 is 5.97 Å². The lowest BCUT2D eigenvalue weighted by molar-refractivity contribution is 0.0697. The van der Waals surface area contributed by atoms with Crippen molar-refractivity contribution in [2.45, 2.75) is 26.7 Å². The van der Waals surface area contributed by atoms with Crippen LogP contribution in [-0.4, -0.2) is 24.2 Å². The summed E-state index contributed by atoms with van der Waals surface area (Å²) >= 11 is 3.31. The van der Waals surface area contributed by atoms with Crippen LogP contribution in [0.2, 0.25) is 0 Å². The molecule has 0 heterocycles. The number of carboxylic acid groups (broad SMARTS) is 1. The summed E-state index contributed by atoms with van der Waals surface area (Å²) in [5, 5.41) is 9.21. The van der Waals surface area contributed by atoms with Crippen LogP contribution in [0.25, 0.3) is 0 Å². The van der Waals surface area contributed by atoms with Gasteiger partial charge in [-0.25, -0.2) is 4.79 Å². The van der Waals surface area contributed by atoms with Crippen molar-refractivity contribution in [1.29, 1.82) is 0 Å². The normalized spacial score (nSPS) is 10.3. The van der Waals surface area contributed by atoms with Crippen molar-refractivity contribution >= 4 is 27.6 Å². The van der Waals surface area contributed by atoms with Crippen molar-refractivity contribution in [3.63, 3.8) is 0 Å². The first-order chi connectivity index (χ1) is 8.10. The molecule has 1 aromatic rings. The topological polar surface area (TPSA) is 40.5 Å². The molecule has 1 rings (SSSR count). The second-order valence-electron chi connectivity index (χ2n) is 3.90. The Labute approximate surface area is 111 Å². The molecule has 0 aliphatic rings. The molecule has 0 spiro atoms. The number of rotatable bonds is 6. The van der Waals surface area contributed by atoms with Crippen molar-refractivity contribution in [3.8, 4) is 0 Å². The van der Waals surface area contributed by atoms with Crippen LogP contribution in [0.1, 0.15) is 37.0 Å². The third-order valence-electron chi connectivity index (χ3n) is 2.69. The highest BCUT2D eigenvalue weighted by Crippen LogP contribution is 2.25. The van der Waals surface area contributed by atoms with Crippen LogP contribution in [0.5, 0.6) is 0 Å². The SMILES string of the molecule is CCCCN(CC)c1ccc(Br)cc1C(=O)O. The molecule has 0 radical (unpaired) electrons. The fourth-order valence-corrected chi connectivity index (χ4v) is 2.11. The summed E-state index contributed by atoms with van der Waals surface area (Å²) in [5.74, 6) is -0.878. The number of aromatic carboxylic acids is 1. The zero-order valence-corrected chi connectivity index (χ0v) is 11.8. The molecule has 0 aliphatic heterocycles. The van der Waals surface area contributed by atoms with E-state index in [2.05, 4.69) is 27.8 Å². The number of benzene rings is 1. The summed E-state index contributed by atoms with van der Waals surface area (Å²) in [5.41, 5.74) is 1.16. The first kappa shape index (κ1) is 14.0. The maximum absolute atomic E-state index is 11.2. The van der Waals surface area contributed by atoms with Gasteiger partial charge in [0.1, 0.15) is 0 Å². The molecule has 1 N–H and O–H groups in total. The molecule has 0 saturated carbocycles. The van der Waals surface area contributed by atoms with E-state index in [4.69, 9.17) is 0 Å². The Bertz CT molecular complexity index is 393. The van der Waals surface area contributed by atoms with Gasteiger partial charge in [0.25, 0.3) is 0 Å². The minimum Gasteiger partial charge on any atom is -0.478 e. The molecule has 0 bridgehead atoms. The van der Waals surface area contributed by atoms with Crippen molar-refractivity contribution < 1.29 is 9.90 Å². The van der Waals surface area contributed by atoms with E-state index in [1.165, 1.54) is 0 Å². The van der Waals surface area contributed by atoms with E-state index < -0.39 is 5.97 Å². The Hall–Kier alpha value is -1.03. The average molecular weight is 300 g/mol. The van der Waals surface area contributed by atoms with E-state index in [0.717, 1.165) is 36.1 Å². The van der Waals surface area contributed by atoms with Gasteiger partial charge in [-0.15, -0.1) is 0 Å². The Morgan fingerprint density at radius 2 is 2.12 bits per heavy atom. The van der Waals surface area contributed by atoms with E-state index in [1.807, 2.05) is 19.1 Å². The Morgan fingerprint density at radius 3 is 2.65 bits per heavy atom. The monoisotopic (exact) mass is 299 g/mol. The standard InChI is InChI=1S/C13H18BrNO2/c1-3-5-8-15(4-2)12-7-6-10(14)9-11(12)13(16)17/h6-7,9H,3-5,8H2,1-2H3,(H,16,17). The smallest absolute Gasteiger partial charge is 0.337 e. The summed E-state index contributed by atoms with van der Waals surface area (Å²) in [6.45, 7) is 5.90. The molecule has 17 heavy (non-hydrogen) atoms. The van der Waals surface area contributed by atoms with Crippen LogP contribution >= 0.6 is 15.9 Å². The van der Waals surface area contributed by atoms with Crippen LogP contribution in [0.15, 0.2) is 22.7 Å². The third kappa shape index (κ3) is 3.73. The molecule has 0 aromatic heterocycles. The van der Waals surface area contributed by atoms with Crippen LogP contribution in [0, 0.1) is 0 Å². The third-order valence-corrected chi connectivity index (χ3v) is 3.19. The lowest BCUT2D eigenvalue weighted by Gasteiger charge is -2.24. The number of carboxylic acids is 1. The van der Waals surface area contributed by atoms with Crippen LogP contribution < -0.4 is 4.90 Å². The average Bonchev–Trinajstić information content (AvgIpc) is 2.31. The summed E-state index contributed by atoms with van der Waals surface area (Å²) < 4.78 is 0.796. The zero-order chi connectivity index (χ0) is 12.8. The number of hydrogen-bond acceptors (Lipinski definition) is 2. The lowest BCUT2D eigenvalue weighted by Crippen LogP contribution is -2.25. The minimum atomic E-state index is -0.878. The van der Waals surface area contributed by atoms with Gasteiger partial charge in [0, 0.05) is 17.6 Å². The Balaban J connectivity index is 3.05. The predicted molar refractivity (Wildman–Crippen MR) is 73.9 cm³/mol. The van der Waals surface area contributed by atoms with Crippen molar-refractivity contribution in [3.05, 3.63) is 28.2 Å². The van der Waals surface area contributed by atoms with Crippen molar-refractivity contribution in [2.24, 2.45) is 0 Å². The maximum Gasteiger partial charge on any atom is 0.337 e. The molecule has 0 atom stereocenters. The number of halogens is 1. The van der Waals surface area contributed by atoms with Gasteiger partial charge in [-0.1, -0.05) is 29.3 Å². The molecule has 0 aliphatic carbocycles. The molecule has 1 aromatic carbocycles. The highest BCUT2D eigenvalue weighted by molar-refractivity contribution is 9.10. The molecule has 0 saturated heterocycles. The zero-order valence-electron chi connectivity index (χ0n) is 10.2. The van der Waals surface area contributed by atoms with E-state index in [0.29, 0.717) is 5.56 Å². The molecule has 94 valence electrons. The summed E-state index contributed by atoms with van der Waals surface area (Å²) in [6.07, 6.45) is 2.18. The van der Waals surface area contributed by atoms with E-state index >= 15 is 0 Å². The minimum absolute atomic E-state index is 0.359. The Kier molecular flexibility index (Phi) is 5.48. The van der Waals surface area contributed by atoms with Crippen LogP contribution in [0.4, 0.5) is 5.69 Å². The number of unbranched alkanes of at least 4 members (excludes halogenated alkanes) is 1. The highest BCUT2D eigenvalue weighted by Gasteiger charge is 2.14. The predicted octanol–water partition coefficient (Wildman–Crippen LogP) is 3.77. The maximum atomic E-state index is 11.2. The number of anilines is 1. The molecule has 0 fully saturated rings. The molecular weight excluding hydrogens is 282 g/mol. The molecule has 0 amide bonds. The quantitative estimate of drug-likeness (QED) is 0.869. The first-order valence-electron chi connectivity index (χ1n) is 5.88. The number of carbonyl (C=O) groups is 1. The van der Waals surface area contributed by atoms with Crippen LogP contribution in [0.3, 0.4) is 0 Å². The van der Waals surface area contributed by atoms with Gasteiger partial charge in [0.05, 0.1) is 11.3 Å². The molecule has 4 heteroatoms. The fraction of sp³-hybridized carbons (Fsp3) is 0.462. The summed E-state index contributed by atoms with van der Waals surface area (Å²) in [4.78, 5) is 13.3. The largest absolute Gasteiger partial charge is 0.478 e. The molecule has 3 nitrogen and oxygen atoms in total. The van der Waals surface area contributed by atoms with Gasteiger partial charge in [-0.05, 0) is 31.5 Å². The second kappa shape index (κ2) is 6.64. The van der Waals surface area contributed by atoms with Gasteiger partial charge in [0.15, 0.2) is 0 Å². The second-order valence-corrected chi connectivity index (χ2v) is 4.82. The van der Waals surface area contributed by atoms with Gasteiger partial charge in [-0.2, -0.15) is 0 Å². The number of nitrogens with zero attached hydrogens (tertiary/aromatic N) is 1. The number of hydrogen-bond donors (Lipinski definition) is 1. The molecule has 0 unspecified atom stereocenters. The highest BCUT2D eigenvalue weighted by atomic mass is 79.9. The van der Waals surface area contributed by atoms with E-state index in [-0.39, 0.29) is 0 Å². The van der Waals surface area contributed by atoms with E-state index in [9.17, 15) is 9.90 Å². The van der Waals surface area contributed by atoms with Gasteiger partial charge in [0.2, 0.25) is 0 Å². The van der Waals surface area contributed by atoms with Crippen molar-refractivity contribution in [1.82, 2.24) is 0 Å². The first-order valence-corrected chi connectivity index (χ1v) is 6.67. The lowest BCUT2D eigenvalue weighted by atomic mass is 10.1. The van der Waals surface area contributed by atoms with Crippen molar-refractivity contribution in [2.75, 3.05) is 18.0 Å². The van der Waals surface area contributed by atoms with Gasteiger partial charge in [-0.3, -0.25) is 0 Å². The van der Waals surface area contributed by atoms with Gasteiger partial charge < -0.3 is 10.0 Å². The fourth-order valence-electron chi connectivity index (χ4n) is 1.75. The Morgan fingerprint density at radius 1 is 1.41 bits per heavy atom. The van der Waals surface area contributed by atoms with Crippen LogP contribution in [-0.2, 0) is 0 Å².